The number of aliphatic carboxylic acids is 1. The maximum Gasteiger partial charge on any atom is 0.323 e. The lowest BCUT2D eigenvalue weighted by molar-refractivity contribution is -0.136. The highest BCUT2D eigenvalue weighted by molar-refractivity contribution is 5.70. The SMILES string of the molecule is CC(C)(C)c1[nH]c(=O)[nH]c1CC(=O)O. The van der Waals surface area contributed by atoms with Gasteiger partial charge in [-0.1, -0.05) is 20.8 Å². The lowest BCUT2D eigenvalue weighted by Gasteiger charge is -2.17. The Hall–Kier alpha value is -1.52. The van der Waals surface area contributed by atoms with Crippen LogP contribution in [-0.4, -0.2) is 21.0 Å². The lowest BCUT2D eigenvalue weighted by atomic mass is 9.90. The molecular weight excluding hydrogens is 184 g/mol. The van der Waals surface area contributed by atoms with Crippen LogP contribution in [0.2, 0.25) is 0 Å². The van der Waals surface area contributed by atoms with Gasteiger partial charge in [-0.15, -0.1) is 0 Å². The molecule has 14 heavy (non-hydrogen) atoms. The van der Waals surface area contributed by atoms with Crippen molar-refractivity contribution in [3.05, 3.63) is 21.9 Å². The van der Waals surface area contributed by atoms with Crippen molar-refractivity contribution in [2.45, 2.75) is 32.6 Å². The minimum Gasteiger partial charge on any atom is -0.481 e. The van der Waals surface area contributed by atoms with Crippen molar-refractivity contribution in [1.82, 2.24) is 9.97 Å². The molecule has 0 aliphatic rings. The van der Waals surface area contributed by atoms with Gasteiger partial charge in [-0.3, -0.25) is 4.79 Å². The van der Waals surface area contributed by atoms with Crippen LogP contribution in [0.5, 0.6) is 0 Å². The van der Waals surface area contributed by atoms with E-state index in [1.807, 2.05) is 20.8 Å². The van der Waals surface area contributed by atoms with Crippen molar-refractivity contribution in [2.75, 3.05) is 0 Å². The van der Waals surface area contributed by atoms with E-state index in [1.165, 1.54) is 0 Å². The summed E-state index contributed by atoms with van der Waals surface area (Å²) in [5.74, 6) is -0.953. The van der Waals surface area contributed by atoms with E-state index in [0.717, 1.165) is 0 Å². The summed E-state index contributed by atoms with van der Waals surface area (Å²) in [4.78, 5) is 26.7. The monoisotopic (exact) mass is 198 g/mol. The van der Waals surface area contributed by atoms with Gasteiger partial charge in [-0.05, 0) is 0 Å². The minimum absolute atomic E-state index is 0.161. The van der Waals surface area contributed by atoms with Crippen LogP contribution in [0.3, 0.4) is 0 Å². The molecule has 78 valence electrons. The van der Waals surface area contributed by atoms with E-state index in [2.05, 4.69) is 9.97 Å². The van der Waals surface area contributed by atoms with Crippen LogP contribution in [0.4, 0.5) is 0 Å². The van der Waals surface area contributed by atoms with Crippen molar-refractivity contribution >= 4 is 5.97 Å². The Morgan fingerprint density at radius 3 is 2.36 bits per heavy atom. The Morgan fingerprint density at radius 1 is 1.36 bits per heavy atom. The zero-order chi connectivity index (χ0) is 10.9. The minimum atomic E-state index is -0.953. The number of imidazole rings is 1. The van der Waals surface area contributed by atoms with Crippen molar-refractivity contribution < 1.29 is 9.90 Å². The fraction of sp³-hybridized carbons (Fsp3) is 0.556. The first-order chi connectivity index (χ1) is 6.30. The number of rotatable bonds is 2. The van der Waals surface area contributed by atoms with Crippen molar-refractivity contribution in [3.63, 3.8) is 0 Å². The predicted molar refractivity (Wildman–Crippen MR) is 51.5 cm³/mol. The molecule has 0 saturated carbocycles. The number of hydrogen-bond donors (Lipinski definition) is 3. The van der Waals surface area contributed by atoms with E-state index in [1.54, 1.807) is 0 Å². The van der Waals surface area contributed by atoms with Gasteiger partial charge in [-0.25, -0.2) is 4.79 Å². The standard InChI is InChI=1S/C9H14N2O3/c1-9(2,3)7-5(4-6(12)13)10-8(14)11-7/h4H2,1-3H3,(H,12,13)(H2,10,11,14). The molecule has 5 nitrogen and oxygen atoms in total. The fourth-order valence-corrected chi connectivity index (χ4v) is 1.34. The van der Waals surface area contributed by atoms with E-state index in [4.69, 9.17) is 5.11 Å². The summed E-state index contributed by atoms with van der Waals surface area (Å²) in [6.45, 7) is 5.74. The first kappa shape index (κ1) is 10.6. The summed E-state index contributed by atoms with van der Waals surface area (Å²) in [6, 6.07) is 0. The lowest BCUT2D eigenvalue weighted by Crippen LogP contribution is -2.16. The Balaban J connectivity index is 3.16. The molecule has 1 aromatic rings. The molecule has 0 atom stereocenters. The van der Waals surface area contributed by atoms with Gasteiger partial charge in [0.2, 0.25) is 0 Å². The highest BCUT2D eigenvalue weighted by atomic mass is 16.4. The largest absolute Gasteiger partial charge is 0.481 e. The van der Waals surface area contributed by atoms with Crippen molar-refractivity contribution in [2.24, 2.45) is 0 Å². The number of carboxylic acids is 1. The van der Waals surface area contributed by atoms with Crippen LogP contribution in [-0.2, 0) is 16.6 Å². The van der Waals surface area contributed by atoms with Gasteiger partial charge in [0.25, 0.3) is 0 Å². The first-order valence-electron chi connectivity index (χ1n) is 4.34. The summed E-state index contributed by atoms with van der Waals surface area (Å²) in [7, 11) is 0. The van der Waals surface area contributed by atoms with Crippen LogP contribution in [0, 0.1) is 0 Å². The summed E-state index contributed by atoms with van der Waals surface area (Å²) in [5, 5.41) is 8.63. The molecule has 0 bridgehead atoms. The normalized spacial score (nSPS) is 11.6. The third-order valence-corrected chi connectivity index (χ3v) is 1.88. The number of carboxylic acid groups (broad SMARTS) is 1. The maximum atomic E-state index is 11.0. The Labute approximate surface area is 81.2 Å². The quantitative estimate of drug-likeness (QED) is 0.651. The zero-order valence-corrected chi connectivity index (χ0v) is 8.47. The topological polar surface area (TPSA) is 86.0 Å². The van der Waals surface area contributed by atoms with Crippen LogP contribution >= 0.6 is 0 Å². The predicted octanol–water partition coefficient (Wildman–Crippen LogP) is 0.628. The summed E-state index contributed by atoms with van der Waals surface area (Å²) in [6.07, 6.45) is -0.161. The zero-order valence-electron chi connectivity index (χ0n) is 8.47. The molecule has 1 rings (SSSR count). The van der Waals surface area contributed by atoms with Crippen LogP contribution in [0.15, 0.2) is 4.79 Å². The number of aromatic nitrogens is 2. The summed E-state index contributed by atoms with van der Waals surface area (Å²) >= 11 is 0. The van der Waals surface area contributed by atoms with Crippen LogP contribution in [0.25, 0.3) is 0 Å². The molecule has 0 spiro atoms. The molecule has 1 aromatic heterocycles. The average Bonchev–Trinajstić information content (AvgIpc) is 2.28. The molecular formula is C9H14N2O3. The number of hydrogen-bond acceptors (Lipinski definition) is 2. The number of aromatic amines is 2. The first-order valence-corrected chi connectivity index (χ1v) is 4.34. The van der Waals surface area contributed by atoms with E-state index in [9.17, 15) is 9.59 Å². The highest BCUT2D eigenvalue weighted by Gasteiger charge is 2.22. The van der Waals surface area contributed by atoms with Gasteiger partial charge >= 0.3 is 11.7 Å². The number of carbonyl (C=O) groups is 1. The third-order valence-electron chi connectivity index (χ3n) is 1.88. The van der Waals surface area contributed by atoms with Gasteiger partial charge in [0.05, 0.1) is 12.1 Å². The second-order valence-electron chi connectivity index (χ2n) is 4.25. The molecule has 0 aromatic carbocycles. The molecule has 0 amide bonds. The third kappa shape index (κ3) is 2.25. The molecule has 0 saturated heterocycles. The van der Waals surface area contributed by atoms with Gasteiger partial charge in [0.15, 0.2) is 0 Å². The molecule has 0 aliphatic carbocycles. The van der Waals surface area contributed by atoms with Crippen LogP contribution < -0.4 is 5.69 Å². The highest BCUT2D eigenvalue weighted by Crippen LogP contribution is 2.21. The molecule has 5 heteroatoms. The van der Waals surface area contributed by atoms with Gasteiger partial charge in [0.1, 0.15) is 0 Å². The second kappa shape index (κ2) is 3.32. The van der Waals surface area contributed by atoms with Gasteiger partial charge in [0, 0.05) is 11.1 Å². The van der Waals surface area contributed by atoms with E-state index < -0.39 is 5.97 Å². The molecule has 1 heterocycles. The summed E-state index contributed by atoms with van der Waals surface area (Å²) < 4.78 is 0. The second-order valence-corrected chi connectivity index (χ2v) is 4.25. The molecule has 0 radical (unpaired) electrons. The fourth-order valence-electron chi connectivity index (χ4n) is 1.34. The van der Waals surface area contributed by atoms with Gasteiger partial charge in [-0.2, -0.15) is 0 Å². The smallest absolute Gasteiger partial charge is 0.323 e. The number of H-pyrrole nitrogens is 2. The molecule has 0 fully saturated rings. The summed E-state index contributed by atoms with van der Waals surface area (Å²) in [5.41, 5.74) is 0.496. The van der Waals surface area contributed by atoms with E-state index in [-0.39, 0.29) is 17.5 Å². The van der Waals surface area contributed by atoms with Crippen molar-refractivity contribution in [1.29, 1.82) is 0 Å². The van der Waals surface area contributed by atoms with Crippen molar-refractivity contribution in [3.8, 4) is 0 Å². The molecule has 0 unspecified atom stereocenters. The number of nitrogens with one attached hydrogen (secondary N) is 2. The Bertz CT molecular complexity index is 395. The Morgan fingerprint density at radius 2 is 1.93 bits per heavy atom. The van der Waals surface area contributed by atoms with Gasteiger partial charge < -0.3 is 15.1 Å². The maximum absolute atomic E-state index is 11.0. The molecule has 3 N–H and O–H groups in total. The average molecular weight is 198 g/mol. The Kier molecular flexibility index (Phi) is 2.51. The van der Waals surface area contributed by atoms with E-state index >= 15 is 0 Å². The van der Waals surface area contributed by atoms with Crippen LogP contribution in [0.1, 0.15) is 32.2 Å². The van der Waals surface area contributed by atoms with E-state index in [0.29, 0.717) is 11.4 Å². The molecule has 0 aliphatic heterocycles.